The average Bonchev–Trinajstić information content (AvgIpc) is 2.83. The number of aromatic nitrogens is 2. The van der Waals surface area contributed by atoms with Crippen molar-refractivity contribution in [2.24, 2.45) is 7.05 Å². The van der Waals surface area contributed by atoms with Crippen LogP contribution >= 0.6 is 11.6 Å². The van der Waals surface area contributed by atoms with Crippen LogP contribution in [0.2, 0.25) is 5.02 Å². The fraction of sp³-hybridized carbons (Fsp3) is 0.312. The van der Waals surface area contributed by atoms with Crippen LogP contribution in [0.3, 0.4) is 0 Å². The molecule has 2 aromatic rings. The van der Waals surface area contributed by atoms with Crippen LogP contribution in [0.4, 0.5) is 5.69 Å². The van der Waals surface area contributed by atoms with Crippen molar-refractivity contribution >= 4 is 23.2 Å². The summed E-state index contributed by atoms with van der Waals surface area (Å²) in [5.74, 6) is -0.281. The molecule has 1 aromatic heterocycles. The highest BCUT2D eigenvalue weighted by Gasteiger charge is 2.21. The lowest BCUT2D eigenvalue weighted by Gasteiger charge is -2.13. The van der Waals surface area contributed by atoms with Gasteiger partial charge in [0.2, 0.25) is 0 Å². The van der Waals surface area contributed by atoms with Gasteiger partial charge in [0.15, 0.2) is 0 Å². The van der Waals surface area contributed by atoms with Gasteiger partial charge in [-0.1, -0.05) is 32.4 Å². The molecule has 1 N–H and O–H groups in total. The summed E-state index contributed by atoms with van der Waals surface area (Å²) in [6.07, 6.45) is 0. The molecular formula is C16H17ClN4O. The standard InChI is InChI=1S/C16H17ClN4O/c1-16(2,3)14-8-13(21(4)20-14)15(22)19-11-5-6-12(17)10(7-11)9-18/h5-8H,1-4H3,(H,19,22). The molecule has 0 radical (unpaired) electrons. The molecule has 0 atom stereocenters. The summed E-state index contributed by atoms with van der Waals surface area (Å²) in [5.41, 5.74) is 2.00. The minimum Gasteiger partial charge on any atom is -0.321 e. The number of rotatable bonds is 2. The van der Waals surface area contributed by atoms with E-state index in [0.29, 0.717) is 22.0 Å². The third kappa shape index (κ3) is 3.29. The summed E-state index contributed by atoms with van der Waals surface area (Å²) in [6.45, 7) is 6.11. The van der Waals surface area contributed by atoms with Crippen molar-refractivity contribution in [2.75, 3.05) is 5.32 Å². The molecule has 0 fully saturated rings. The van der Waals surface area contributed by atoms with Crippen LogP contribution in [0, 0.1) is 11.3 Å². The van der Waals surface area contributed by atoms with E-state index >= 15 is 0 Å². The van der Waals surface area contributed by atoms with Gasteiger partial charge in [0.25, 0.3) is 5.91 Å². The Hall–Kier alpha value is -2.32. The molecule has 114 valence electrons. The second-order valence-corrected chi connectivity index (χ2v) is 6.46. The molecule has 1 heterocycles. The first kappa shape index (κ1) is 16.1. The van der Waals surface area contributed by atoms with Crippen LogP contribution in [0.1, 0.15) is 42.5 Å². The first-order chi connectivity index (χ1) is 10.2. The van der Waals surface area contributed by atoms with E-state index < -0.39 is 0 Å². The fourth-order valence-corrected chi connectivity index (χ4v) is 2.09. The predicted octanol–water partition coefficient (Wildman–Crippen LogP) is 3.49. The van der Waals surface area contributed by atoms with Crippen LogP contribution in [0.25, 0.3) is 0 Å². The third-order valence-corrected chi connectivity index (χ3v) is 3.56. The highest BCUT2D eigenvalue weighted by atomic mass is 35.5. The smallest absolute Gasteiger partial charge is 0.273 e. The SMILES string of the molecule is Cn1nc(C(C)(C)C)cc1C(=O)Nc1ccc(Cl)c(C#N)c1. The van der Waals surface area contributed by atoms with Gasteiger partial charge in [-0.2, -0.15) is 10.4 Å². The molecule has 2 rings (SSSR count). The van der Waals surface area contributed by atoms with E-state index in [2.05, 4.69) is 10.4 Å². The fourth-order valence-electron chi connectivity index (χ4n) is 1.93. The van der Waals surface area contributed by atoms with Crippen LogP contribution < -0.4 is 5.32 Å². The molecule has 0 saturated carbocycles. The van der Waals surface area contributed by atoms with Crippen LogP contribution in [-0.2, 0) is 12.5 Å². The van der Waals surface area contributed by atoms with Gasteiger partial charge < -0.3 is 5.32 Å². The van der Waals surface area contributed by atoms with E-state index in [0.717, 1.165) is 5.69 Å². The molecular weight excluding hydrogens is 300 g/mol. The van der Waals surface area contributed by atoms with E-state index in [1.807, 2.05) is 26.8 Å². The summed E-state index contributed by atoms with van der Waals surface area (Å²) in [5, 5.41) is 16.5. The Morgan fingerprint density at radius 2 is 2.05 bits per heavy atom. The summed E-state index contributed by atoms with van der Waals surface area (Å²) < 4.78 is 1.55. The molecule has 1 aromatic carbocycles. The molecule has 0 unspecified atom stereocenters. The molecule has 0 aliphatic rings. The molecule has 0 aliphatic heterocycles. The first-order valence-corrected chi connectivity index (χ1v) is 7.15. The Balaban J connectivity index is 2.27. The van der Waals surface area contributed by atoms with Gasteiger partial charge in [0.05, 0.1) is 16.3 Å². The number of hydrogen-bond donors (Lipinski definition) is 1. The minimum absolute atomic E-state index is 0.134. The molecule has 0 aliphatic carbocycles. The number of carbonyl (C=O) groups is 1. The lowest BCUT2D eigenvalue weighted by Crippen LogP contribution is -2.16. The molecule has 1 amide bonds. The Morgan fingerprint density at radius 3 is 2.59 bits per heavy atom. The monoisotopic (exact) mass is 316 g/mol. The molecule has 0 spiro atoms. The maximum atomic E-state index is 12.4. The lowest BCUT2D eigenvalue weighted by atomic mass is 9.92. The van der Waals surface area contributed by atoms with Gasteiger partial charge in [0, 0.05) is 18.2 Å². The van der Waals surface area contributed by atoms with Crippen molar-refractivity contribution in [1.29, 1.82) is 5.26 Å². The van der Waals surface area contributed by atoms with E-state index in [4.69, 9.17) is 16.9 Å². The van der Waals surface area contributed by atoms with Gasteiger partial charge in [-0.25, -0.2) is 0 Å². The number of anilines is 1. The zero-order valence-corrected chi connectivity index (χ0v) is 13.7. The molecule has 5 nitrogen and oxygen atoms in total. The maximum Gasteiger partial charge on any atom is 0.273 e. The van der Waals surface area contributed by atoms with Gasteiger partial charge in [-0.3, -0.25) is 9.48 Å². The van der Waals surface area contributed by atoms with Crippen molar-refractivity contribution in [3.63, 3.8) is 0 Å². The minimum atomic E-state index is -0.281. The molecule has 0 bridgehead atoms. The predicted molar refractivity (Wildman–Crippen MR) is 86.0 cm³/mol. The molecule has 6 heteroatoms. The number of amides is 1. The zero-order chi connectivity index (χ0) is 16.5. The number of benzene rings is 1. The van der Waals surface area contributed by atoms with Gasteiger partial charge >= 0.3 is 0 Å². The number of halogens is 1. The number of hydrogen-bond acceptors (Lipinski definition) is 3. The molecule has 22 heavy (non-hydrogen) atoms. The summed E-state index contributed by atoms with van der Waals surface area (Å²) in [6, 6.07) is 8.54. The average molecular weight is 317 g/mol. The van der Waals surface area contributed by atoms with Gasteiger partial charge in [-0.15, -0.1) is 0 Å². The van der Waals surface area contributed by atoms with Gasteiger partial charge in [0.1, 0.15) is 11.8 Å². The quantitative estimate of drug-likeness (QED) is 0.921. The van der Waals surface area contributed by atoms with Crippen LogP contribution in [0.5, 0.6) is 0 Å². The summed E-state index contributed by atoms with van der Waals surface area (Å²) in [4.78, 5) is 12.4. The Morgan fingerprint density at radius 1 is 1.36 bits per heavy atom. The summed E-state index contributed by atoms with van der Waals surface area (Å²) in [7, 11) is 1.73. The van der Waals surface area contributed by atoms with E-state index in [-0.39, 0.29) is 11.3 Å². The number of aryl methyl sites for hydroxylation is 1. The van der Waals surface area contributed by atoms with Crippen molar-refractivity contribution in [1.82, 2.24) is 9.78 Å². The molecule has 0 saturated heterocycles. The van der Waals surface area contributed by atoms with Crippen molar-refractivity contribution in [3.05, 3.63) is 46.2 Å². The van der Waals surface area contributed by atoms with E-state index in [1.54, 1.807) is 36.0 Å². The Kier molecular flexibility index (Phi) is 4.25. The van der Waals surface area contributed by atoms with Crippen LogP contribution in [0.15, 0.2) is 24.3 Å². The van der Waals surface area contributed by atoms with Crippen molar-refractivity contribution in [2.45, 2.75) is 26.2 Å². The Labute approximate surface area is 134 Å². The lowest BCUT2D eigenvalue weighted by molar-refractivity contribution is 0.101. The largest absolute Gasteiger partial charge is 0.321 e. The second-order valence-electron chi connectivity index (χ2n) is 6.05. The highest BCUT2D eigenvalue weighted by Crippen LogP contribution is 2.23. The van der Waals surface area contributed by atoms with Crippen molar-refractivity contribution < 1.29 is 4.79 Å². The van der Waals surface area contributed by atoms with Crippen molar-refractivity contribution in [3.8, 4) is 6.07 Å². The third-order valence-electron chi connectivity index (χ3n) is 3.23. The number of carbonyl (C=O) groups excluding carboxylic acids is 1. The van der Waals surface area contributed by atoms with E-state index in [1.165, 1.54) is 0 Å². The Bertz CT molecular complexity index is 765. The van der Waals surface area contributed by atoms with Gasteiger partial charge in [-0.05, 0) is 24.3 Å². The van der Waals surface area contributed by atoms with E-state index in [9.17, 15) is 4.79 Å². The van der Waals surface area contributed by atoms with Crippen LogP contribution in [-0.4, -0.2) is 15.7 Å². The summed E-state index contributed by atoms with van der Waals surface area (Å²) >= 11 is 5.88. The maximum absolute atomic E-state index is 12.4. The number of nitrogens with one attached hydrogen (secondary N) is 1. The first-order valence-electron chi connectivity index (χ1n) is 6.78. The zero-order valence-electron chi connectivity index (χ0n) is 12.9. The number of nitriles is 1. The highest BCUT2D eigenvalue weighted by molar-refractivity contribution is 6.31. The normalized spacial score (nSPS) is 11.1. The second kappa shape index (κ2) is 5.82. The number of nitrogens with zero attached hydrogens (tertiary/aromatic N) is 3. The topological polar surface area (TPSA) is 70.7 Å².